The molecule has 24 heavy (non-hydrogen) atoms. The maximum Gasteiger partial charge on any atom is 0.274 e. The molecule has 1 heterocycles. The van der Waals surface area contributed by atoms with Gasteiger partial charge in [-0.1, -0.05) is 49.3 Å². The monoisotopic (exact) mass is 352 g/mol. The Morgan fingerprint density at radius 2 is 1.75 bits per heavy atom. The van der Waals surface area contributed by atoms with Gasteiger partial charge in [-0.15, -0.1) is 0 Å². The van der Waals surface area contributed by atoms with Gasteiger partial charge in [-0.3, -0.25) is 10.0 Å². The fourth-order valence-electron chi connectivity index (χ4n) is 2.64. The molecule has 0 saturated heterocycles. The van der Waals surface area contributed by atoms with Crippen LogP contribution in [0.2, 0.25) is 0 Å². The fourth-order valence-corrected chi connectivity index (χ4v) is 4.09. The number of hydrogen-bond acceptors (Lipinski definition) is 6. The van der Waals surface area contributed by atoms with Crippen molar-refractivity contribution in [1.82, 2.24) is 5.16 Å². The molecule has 0 aliphatic heterocycles. The summed E-state index contributed by atoms with van der Waals surface area (Å²) in [6.45, 7) is 4.61. The van der Waals surface area contributed by atoms with E-state index in [2.05, 4.69) is 9.68 Å². The van der Waals surface area contributed by atoms with Crippen LogP contribution in [0.4, 0.5) is 5.82 Å². The topological polar surface area (TPSA) is 101 Å². The number of nitrogens with zero attached hydrogens (tertiary/aromatic N) is 2. The Balaban J connectivity index is 2.62. The highest BCUT2D eigenvalue weighted by molar-refractivity contribution is 7.93. The van der Waals surface area contributed by atoms with E-state index in [9.17, 15) is 18.4 Å². The maximum absolute atomic E-state index is 12.9. The Kier molecular flexibility index (Phi) is 4.56. The van der Waals surface area contributed by atoms with Gasteiger partial charge < -0.3 is 4.52 Å². The average Bonchev–Trinajstić information content (AvgIpc) is 3.06. The molecule has 130 valence electrons. The highest BCUT2D eigenvalue weighted by atomic mass is 32.2. The molecule has 2 rings (SSSR count). The second kappa shape index (κ2) is 6.03. The van der Waals surface area contributed by atoms with Gasteiger partial charge in [0.1, 0.15) is 6.26 Å². The van der Waals surface area contributed by atoms with Crippen molar-refractivity contribution in [1.29, 1.82) is 0 Å². The zero-order valence-corrected chi connectivity index (χ0v) is 14.7. The summed E-state index contributed by atoms with van der Waals surface area (Å²) in [5.41, 5.74) is -0.469. The predicted octanol–water partition coefficient (Wildman–Crippen LogP) is 2.18. The number of benzene rings is 1. The Labute approximate surface area is 140 Å². The van der Waals surface area contributed by atoms with Crippen molar-refractivity contribution in [2.24, 2.45) is 0 Å². The summed E-state index contributed by atoms with van der Waals surface area (Å²) in [5, 5.41) is 13.9. The van der Waals surface area contributed by atoms with E-state index in [1.807, 2.05) is 0 Å². The molecule has 0 fully saturated rings. The third-order valence-corrected chi connectivity index (χ3v) is 6.84. The number of aromatic nitrogens is 1. The Morgan fingerprint density at radius 3 is 2.21 bits per heavy atom. The Bertz CT molecular complexity index is 815. The van der Waals surface area contributed by atoms with E-state index < -0.39 is 25.9 Å². The number of rotatable bonds is 5. The number of carbonyl (C=O) groups excluding carboxylic acids is 1. The minimum absolute atomic E-state index is 0.182. The first-order chi connectivity index (χ1) is 11.0. The Morgan fingerprint density at radius 1 is 1.17 bits per heavy atom. The standard InChI is InChI=1S/C16H20N2O5S/c1-15(2,12-8-6-5-7-9-12)16(3,24(4,21)22)14(19)18(20)13-10-11-23-17-13/h5-11,20H,1-4H3. The van der Waals surface area contributed by atoms with Gasteiger partial charge in [0, 0.05) is 17.7 Å². The zero-order chi connectivity index (χ0) is 18.2. The molecule has 8 heteroatoms. The van der Waals surface area contributed by atoms with Gasteiger partial charge >= 0.3 is 0 Å². The molecular formula is C16H20N2O5S. The molecule has 1 atom stereocenters. The number of sulfone groups is 1. The number of anilines is 1. The van der Waals surface area contributed by atoms with E-state index in [0.717, 1.165) is 6.26 Å². The molecule has 7 nitrogen and oxygen atoms in total. The van der Waals surface area contributed by atoms with Crippen LogP contribution in [0.1, 0.15) is 26.3 Å². The molecule has 0 radical (unpaired) electrons. The molecular weight excluding hydrogens is 332 g/mol. The highest BCUT2D eigenvalue weighted by Crippen LogP contribution is 2.41. The van der Waals surface area contributed by atoms with Crippen molar-refractivity contribution in [3.05, 3.63) is 48.2 Å². The van der Waals surface area contributed by atoms with Crippen molar-refractivity contribution in [3.8, 4) is 0 Å². The van der Waals surface area contributed by atoms with E-state index in [4.69, 9.17) is 0 Å². The van der Waals surface area contributed by atoms with Crippen LogP contribution >= 0.6 is 0 Å². The molecule has 0 aliphatic carbocycles. The minimum atomic E-state index is -3.92. The first-order valence-corrected chi connectivity index (χ1v) is 9.11. The average molecular weight is 352 g/mol. The van der Waals surface area contributed by atoms with E-state index in [0.29, 0.717) is 5.56 Å². The molecule has 1 unspecified atom stereocenters. The summed E-state index contributed by atoms with van der Waals surface area (Å²) in [6.07, 6.45) is 2.15. The van der Waals surface area contributed by atoms with Gasteiger partial charge in [0.15, 0.2) is 14.6 Å². The summed E-state index contributed by atoms with van der Waals surface area (Å²) in [4.78, 5) is 12.9. The van der Waals surface area contributed by atoms with Crippen molar-refractivity contribution < 1.29 is 22.9 Å². The largest absolute Gasteiger partial charge is 0.363 e. The van der Waals surface area contributed by atoms with E-state index >= 15 is 0 Å². The SMILES string of the molecule is CC(C)(c1ccccc1)C(C)(C(=O)N(O)c1ccon1)S(C)(=O)=O. The molecule has 1 amide bonds. The first-order valence-electron chi connectivity index (χ1n) is 7.22. The third-order valence-electron chi connectivity index (χ3n) is 4.67. The van der Waals surface area contributed by atoms with Crippen LogP contribution < -0.4 is 5.06 Å². The van der Waals surface area contributed by atoms with Gasteiger partial charge in [0.05, 0.1) is 0 Å². The summed E-state index contributed by atoms with van der Waals surface area (Å²) in [7, 11) is -3.92. The van der Waals surface area contributed by atoms with E-state index in [1.165, 1.54) is 19.3 Å². The lowest BCUT2D eigenvalue weighted by Crippen LogP contribution is -2.61. The van der Waals surface area contributed by atoms with Crippen LogP contribution in [-0.2, 0) is 20.0 Å². The van der Waals surface area contributed by atoms with Crippen LogP contribution in [0, 0.1) is 0 Å². The molecule has 1 aromatic heterocycles. The number of hydroxylamine groups is 1. The van der Waals surface area contributed by atoms with Crippen molar-refractivity contribution in [2.75, 3.05) is 11.3 Å². The van der Waals surface area contributed by atoms with Crippen LogP contribution in [0.3, 0.4) is 0 Å². The lowest BCUT2D eigenvalue weighted by molar-refractivity contribution is -0.127. The smallest absolute Gasteiger partial charge is 0.274 e. The van der Waals surface area contributed by atoms with Crippen LogP contribution in [0.25, 0.3) is 0 Å². The lowest BCUT2D eigenvalue weighted by atomic mass is 9.73. The number of amides is 1. The van der Waals surface area contributed by atoms with Gasteiger partial charge in [0.25, 0.3) is 5.91 Å². The summed E-state index contributed by atoms with van der Waals surface area (Å²) in [6, 6.07) is 10.1. The lowest BCUT2D eigenvalue weighted by Gasteiger charge is -2.42. The predicted molar refractivity (Wildman–Crippen MR) is 88.5 cm³/mol. The quantitative estimate of drug-likeness (QED) is 0.654. The van der Waals surface area contributed by atoms with E-state index in [-0.39, 0.29) is 10.9 Å². The highest BCUT2D eigenvalue weighted by Gasteiger charge is 2.57. The molecule has 0 aliphatic rings. The summed E-state index contributed by atoms with van der Waals surface area (Å²) >= 11 is 0. The molecule has 0 bridgehead atoms. The molecule has 1 aromatic carbocycles. The first kappa shape index (κ1) is 18.2. The second-order valence-electron chi connectivity index (χ2n) is 6.27. The molecule has 0 spiro atoms. The fraction of sp³-hybridized carbons (Fsp3) is 0.375. The molecule has 1 N–H and O–H groups in total. The van der Waals surface area contributed by atoms with Crippen LogP contribution in [-0.4, -0.2) is 35.7 Å². The van der Waals surface area contributed by atoms with Crippen molar-refractivity contribution in [3.63, 3.8) is 0 Å². The van der Waals surface area contributed by atoms with Crippen molar-refractivity contribution in [2.45, 2.75) is 30.9 Å². The zero-order valence-electron chi connectivity index (χ0n) is 13.9. The third kappa shape index (κ3) is 2.71. The normalized spacial score (nSPS) is 14.9. The summed E-state index contributed by atoms with van der Waals surface area (Å²) in [5.74, 6) is -1.19. The van der Waals surface area contributed by atoms with Gasteiger partial charge in [-0.2, -0.15) is 5.06 Å². The van der Waals surface area contributed by atoms with Gasteiger partial charge in [-0.25, -0.2) is 8.42 Å². The number of hydrogen-bond donors (Lipinski definition) is 1. The van der Waals surface area contributed by atoms with E-state index in [1.54, 1.807) is 44.2 Å². The van der Waals surface area contributed by atoms with Gasteiger partial charge in [-0.05, 0) is 12.5 Å². The Hall–Kier alpha value is -2.19. The molecule has 2 aromatic rings. The second-order valence-corrected chi connectivity index (χ2v) is 8.63. The molecule has 0 saturated carbocycles. The van der Waals surface area contributed by atoms with Crippen molar-refractivity contribution >= 4 is 21.6 Å². The summed E-state index contributed by atoms with van der Waals surface area (Å²) < 4.78 is 27.8. The van der Waals surface area contributed by atoms with Gasteiger partial charge in [0.2, 0.25) is 5.82 Å². The number of carbonyl (C=O) groups is 1. The van der Waals surface area contributed by atoms with Crippen LogP contribution in [0.5, 0.6) is 0 Å². The van der Waals surface area contributed by atoms with Crippen LogP contribution in [0.15, 0.2) is 47.2 Å². The minimum Gasteiger partial charge on any atom is -0.363 e. The maximum atomic E-state index is 12.9.